The predicted molar refractivity (Wildman–Crippen MR) is 80.5 cm³/mol. The molecule has 2 aromatic rings. The highest BCUT2D eigenvalue weighted by Crippen LogP contribution is 2.24. The van der Waals surface area contributed by atoms with Gasteiger partial charge in [-0.05, 0) is 19.1 Å². The second-order valence-corrected chi connectivity index (χ2v) is 6.39. The molecule has 0 aliphatic carbocycles. The Hall–Kier alpha value is -2.28. The van der Waals surface area contributed by atoms with Crippen molar-refractivity contribution in [2.45, 2.75) is 38.7 Å². The molecule has 2 heterocycles. The molecular weight excluding hydrogens is 286 g/mol. The van der Waals surface area contributed by atoms with Gasteiger partial charge in [-0.25, -0.2) is 4.79 Å². The molecular formula is C15H21N3O4. The highest BCUT2D eigenvalue weighted by molar-refractivity contribution is 5.88. The smallest absolute Gasteiger partial charge is 0.320 e. The van der Waals surface area contributed by atoms with Crippen LogP contribution in [-0.2, 0) is 11.0 Å². The van der Waals surface area contributed by atoms with Crippen molar-refractivity contribution in [3.8, 4) is 0 Å². The average molecular weight is 307 g/mol. The Morgan fingerprint density at radius 3 is 2.59 bits per heavy atom. The van der Waals surface area contributed by atoms with Gasteiger partial charge in [0, 0.05) is 11.5 Å². The topological polar surface area (TPSA) is 101 Å². The Kier molecular flexibility index (Phi) is 4.27. The van der Waals surface area contributed by atoms with Crippen LogP contribution in [0.3, 0.4) is 0 Å². The molecule has 7 heteroatoms. The Bertz CT molecular complexity index is 624. The summed E-state index contributed by atoms with van der Waals surface area (Å²) in [6, 6.07) is 4.50. The molecule has 2 aromatic heterocycles. The van der Waals surface area contributed by atoms with Crippen LogP contribution in [0.25, 0.3) is 0 Å². The van der Waals surface area contributed by atoms with E-state index >= 15 is 0 Å². The van der Waals surface area contributed by atoms with Crippen LogP contribution in [0.2, 0.25) is 0 Å². The van der Waals surface area contributed by atoms with Gasteiger partial charge in [-0.2, -0.15) is 0 Å². The van der Waals surface area contributed by atoms with E-state index in [1.165, 1.54) is 6.26 Å². The van der Waals surface area contributed by atoms with E-state index in [2.05, 4.69) is 15.8 Å². The van der Waals surface area contributed by atoms with Gasteiger partial charge in [-0.1, -0.05) is 25.9 Å². The van der Waals surface area contributed by atoms with Crippen LogP contribution in [0.1, 0.15) is 39.2 Å². The van der Waals surface area contributed by atoms with Crippen LogP contribution < -0.4 is 10.6 Å². The second-order valence-electron chi connectivity index (χ2n) is 6.39. The van der Waals surface area contributed by atoms with Crippen LogP contribution >= 0.6 is 0 Å². The first-order chi connectivity index (χ1) is 10.2. The minimum Gasteiger partial charge on any atom is -0.466 e. The quantitative estimate of drug-likeness (QED) is 0.806. The van der Waals surface area contributed by atoms with Crippen LogP contribution in [0.15, 0.2) is 33.4 Å². The van der Waals surface area contributed by atoms with Crippen molar-refractivity contribution < 1.29 is 18.8 Å². The van der Waals surface area contributed by atoms with E-state index in [0.29, 0.717) is 17.3 Å². The molecule has 0 aliphatic rings. The van der Waals surface area contributed by atoms with E-state index in [0.717, 1.165) is 0 Å². The molecule has 0 fully saturated rings. The minimum absolute atomic E-state index is 0.00364. The van der Waals surface area contributed by atoms with Crippen LogP contribution in [0, 0.1) is 0 Å². The zero-order valence-electron chi connectivity index (χ0n) is 13.1. The molecule has 3 N–H and O–H groups in total. The third kappa shape index (κ3) is 3.88. The van der Waals surface area contributed by atoms with E-state index in [1.54, 1.807) is 25.1 Å². The number of carbonyl (C=O) groups is 1. The Balaban J connectivity index is 1.90. The molecule has 120 valence electrons. The second kappa shape index (κ2) is 5.84. The van der Waals surface area contributed by atoms with Gasteiger partial charge >= 0.3 is 6.03 Å². The Morgan fingerprint density at radius 1 is 1.32 bits per heavy atom. The lowest BCUT2D eigenvalue weighted by Crippen LogP contribution is -2.40. The van der Waals surface area contributed by atoms with Gasteiger partial charge in [0.15, 0.2) is 5.82 Å². The predicted octanol–water partition coefficient (Wildman–Crippen LogP) is 2.59. The lowest BCUT2D eigenvalue weighted by Gasteiger charge is -2.20. The highest BCUT2D eigenvalue weighted by atomic mass is 16.5. The van der Waals surface area contributed by atoms with Gasteiger partial charge in [0.1, 0.15) is 17.1 Å². The Labute approximate surface area is 128 Å². The number of carbonyl (C=O) groups excluding carboxylic acids is 1. The van der Waals surface area contributed by atoms with Crippen molar-refractivity contribution >= 4 is 11.8 Å². The summed E-state index contributed by atoms with van der Waals surface area (Å²) >= 11 is 0. The number of hydrogen-bond donors (Lipinski definition) is 3. The molecule has 0 aromatic carbocycles. The summed E-state index contributed by atoms with van der Waals surface area (Å²) in [4.78, 5) is 11.8. The number of hydrogen-bond acceptors (Lipinski definition) is 5. The SMILES string of the molecule is CC(C)(C)c1cc(NC(=O)NC[C@](C)(O)c2ccco2)no1. The monoisotopic (exact) mass is 307 g/mol. The Morgan fingerprint density at radius 2 is 2.05 bits per heavy atom. The summed E-state index contributed by atoms with van der Waals surface area (Å²) in [6.45, 7) is 7.50. The zero-order valence-corrected chi connectivity index (χ0v) is 13.1. The first-order valence-corrected chi connectivity index (χ1v) is 6.97. The molecule has 0 radical (unpaired) electrons. The summed E-state index contributed by atoms with van der Waals surface area (Å²) in [5.74, 6) is 1.37. The number of aromatic nitrogens is 1. The molecule has 0 unspecified atom stereocenters. The number of amides is 2. The molecule has 0 spiro atoms. The minimum atomic E-state index is -1.29. The van der Waals surface area contributed by atoms with Crippen LogP contribution in [0.5, 0.6) is 0 Å². The van der Waals surface area contributed by atoms with Gasteiger partial charge < -0.3 is 19.4 Å². The number of aliphatic hydroxyl groups is 1. The molecule has 0 saturated heterocycles. The molecule has 22 heavy (non-hydrogen) atoms. The lowest BCUT2D eigenvalue weighted by molar-refractivity contribution is 0.0372. The molecule has 0 saturated carbocycles. The molecule has 0 aliphatic heterocycles. The normalized spacial score (nSPS) is 14.4. The van der Waals surface area contributed by atoms with Crippen LogP contribution in [0.4, 0.5) is 10.6 Å². The van der Waals surface area contributed by atoms with E-state index in [1.807, 2.05) is 20.8 Å². The van der Waals surface area contributed by atoms with E-state index in [4.69, 9.17) is 8.94 Å². The molecule has 0 bridgehead atoms. The maximum absolute atomic E-state index is 11.8. The van der Waals surface area contributed by atoms with E-state index < -0.39 is 11.6 Å². The molecule has 1 atom stereocenters. The number of nitrogens with zero attached hydrogens (tertiary/aromatic N) is 1. The lowest BCUT2D eigenvalue weighted by atomic mass is 9.93. The number of furan rings is 1. The van der Waals surface area contributed by atoms with Crippen molar-refractivity contribution in [1.29, 1.82) is 0 Å². The third-order valence-corrected chi connectivity index (χ3v) is 3.14. The number of anilines is 1. The van der Waals surface area contributed by atoms with Gasteiger partial charge in [-0.3, -0.25) is 5.32 Å². The zero-order chi connectivity index (χ0) is 16.4. The summed E-state index contributed by atoms with van der Waals surface area (Å²) in [5.41, 5.74) is -1.48. The maximum Gasteiger partial charge on any atom is 0.320 e. The molecule has 2 rings (SSSR count). The van der Waals surface area contributed by atoms with Crippen molar-refractivity contribution in [1.82, 2.24) is 10.5 Å². The maximum atomic E-state index is 11.8. The summed E-state index contributed by atoms with van der Waals surface area (Å²) in [6.07, 6.45) is 1.47. The van der Waals surface area contributed by atoms with Crippen molar-refractivity contribution in [2.75, 3.05) is 11.9 Å². The van der Waals surface area contributed by atoms with Crippen molar-refractivity contribution in [3.63, 3.8) is 0 Å². The fraction of sp³-hybridized carbons (Fsp3) is 0.467. The number of rotatable bonds is 4. The standard InChI is InChI=1S/C15H21N3O4/c1-14(2,3)11-8-12(18-22-11)17-13(19)16-9-15(4,20)10-6-5-7-21-10/h5-8,20H,9H2,1-4H3,(H2,16,17,18,19)/t15-/m0/s1. The van der Waals surface area contributed by atoms with Gasteiger partial charge in [0.25, 0.3) is 0 Å². The molecule has 2 amide bonds. The summed E-state index contributed by atoms with van der Waals surface area (Å²) < 4.78 is 10.3. The van der Waals surface area contributed by atoms with Crippen molar-refractivity contribution in [3.05, 3.63) is 36.0 Å². The fourth-order valence-corrected chi connectivity index (χ4v) is 1.77. The van der Waals surface area contributed by atoms with Crippen LogP contribution in [-0.4, -0.2) is 22.8 Å². The highest BCUT2D eigenvalue weighted by Gasteiger charge is 2.27. The number of urea groups is 1. The molecule has 7 nitrogen and oxygen atoms in total. The largest absolute Gasteiger partial charge is 0.466 e. The average Bonchev–Trinajstić information content (AvgIpc) is 3.06. The van der Waals surface area contributed by atoms with Gasteiger partial charge in [0.05, 0.1) is 12.8 Å². The van der Waals surface area contributed by atoms with E-state index in [9.17, 15) is 9.90 Å². The van der Waals surface area contributed by atoms with Crippen molar-refractivity contribution in [2.24, 2.45) is 0 Å². The van der Waals surface area contributed by atoms with Gasteiger partial charge in [-0.15, -0.1) is 0 Å². The first kappa shape index (κ1) is 16.1. The first-order valence-electron chi connectivity index (χ1n) is 6.97. The third-order valence-electron chi connectivity index (χ3n) is 3.14. The van der Waals surface area contributed by atoms with E-state index in [-0.39, 0.29) is 12.0 Å². The fourth-order valence-electron chi connectivity index (χ4n) is 1.77. The number of nitrogens with one attached hydrogen (secondary N) is 2. The van der Waals surface area contributed by atoms with Gasteiger partial charge in [0.2, 0.25) is 0 Å². The summed E-state index contributed by atoms with van der Waals surface area (Å²) in [7, 11) is 0. The summed E-state index contributed by atoms with van der Waals surface area (Å²) in [5, 5.41) is 19.1.